The van der Waals surface area contributed by atoms with Gasteiger partial charge in [-0.3, -0.25) is 9.80 Å². The number of aromatic nitrogens is 4. The Morgan fingerprint density at radius 2 is 1.23 bits per heavy atom. The molecule has 1 saturated carbocycles. The molecule has 10 heteroatoms. The number of carbonyl (C=O) groups excluding carboxylic acids is 2. The van der Waals surface area contributed by atoms with Crippen molar-refractivity contribution >= 4 is 12.2 Å². The SMILES string of the molecule is CC(C)(C)OC(=O)N1CCC[C@H]1c1ncc(-c2ccc(-c3ccc(-c4cnc([C@H]5[C@H]6CC[C@@H](C6)N5C(=O)OC(C)(C)C)[nH]4)cc3)cc2)[nH]1. The maximum absolute atomic E-state index is 13.2. The number of nitrogens with zero attached hydrogens (tertiary/aromatic N) is 4. The van der Waals surface area contributed by atoms with Crippen molar-refractivity contribution in [1.29, 1.82) is 0 Å². The number of aromatic amines is 2. The summed E-state index contributed by atoms with van der Waals surface area (Å²) in [6.07, 6.45) is 8.07. The zero-order valence-electron chi connectivity index (χ0n) is 28.7. The van der Waals surface area contributed by atoms with E-state index in [0.717, 1.165) is 77.4 Å². The van der Waals surface area contributed by atoms with E-state index in [2.05, 4.69) is 63.5 Å². The van der Waals surface area contributed by atoms with Crippen LogP contribution in [0.4, 0.5) is 9.59 Å². The zero-order valence-corrected chi connectivity index (χ0v) is 28.7. The molecule has 2 saturated heterocycles. The number of rotatable bonds is 5. The molecule has 2 bridgehead atoms. The van der Waals surface area contributed by atoms with Crippen LogP contribution in [-0.2, 0) is 9.47 Å². The molecule has 7 rings (SSSR count). The fourth-order valence-electron chi connectivity index (χ4n) is 7.48. The van der Waals surface area contributed by atoms with Gasteiger partial charge in [0.05, 0.1) is 35.9 Å². The van der Waals surface area contributed by atoms with Crippen LogP contribution in [0.1, 0.15) is 97.4 Å². The first-order valence-corrected chi connectivity index (χ1v) is 17.1. The molecular weight excluding hydrogens is 604 g/mol. The van der Waals surface area contributed by atoms with Gasteiger partial charge in [-0.25, -0.2) is 19.6 Å². The molecule has 2 amide bonds. The first-order valence-electron chi connectivity index (χ1n) is 17.1. The molecule has 252 valence electrons. The molecule has 2 aliphatic heterocycles. The number of benzene rings is 2. The molecular formula is C38H46N6O4. The van der Waals surface area contributed by atoms with E-state index in [9.17, 15) is 9.59 Å². The number of fused-ring (bicyclic) bond motifs is 2. The Morgan fingerprint density at radius 1 is 0.708 bits per heavy atom. The Bertz CT molecular complexity index is 1780. The molecule has 1 aliphatic carbocycles. The Hall–Kier alpha value is -4.60. The molecule has 48 heavy (non-hydrogen) atoms. The van der Waals surface area contributed by atoms with Crippen molar-refractivity contribution in [2.24, 2.45) is 5.92 Å². The lowest BCUT2D eigenvalue weighted by molar-refractivity contribution is 0.00613. The monoisotopic (exact) mass is 650 g/mol. The highest BCUT2D eigenvalue weighted by molar-refractivity contribution is 5.73. The molecule has 4 heterocycles. The Morgan fingerprint density at radius 3 is 1.81 bits per heavy atom. The summed E-state index contributed by atoms with van der Waals surface area (Å²) in [7, 11) is 0. The molecule has 2 aromatic carbocycles. The van der Waals surface area contributed by atoms with Gasteiger partial charge in [0, 0.05) is 12.6 Å². The highest BCUT2D eigenvalue weighted by Crippen LogP contribution is 2.50. The van der Waals surface area contributed by atoms with Gasteiger partial charge >= 0.3 is 12.2 Å². The summed E-state index contributed by atoms with van der Waals surface area (Å²) in [5, 5.41) is 0. The Kier molecular flexibility index (Phi) is 8.08. The van der Waals surface area contributed by atoms with Gasteiger partial charge in [-0.05, 0) is 102 Å². The standard InChI is InChI=1S/C38H46N6O4/c1-37(2,3)47-35(45)43-19-7-8-31(43)33-39-21-29(41-33)25-13-9-23(10-14-25)24-11-15-26(16-12-24)30-22-40-34(42-30)32-27-17-18-28(20-27)44(32)36(46)48-38(4,5)6/h9-16,21-22,27-28,31-32H,7-8,17-20H2,1-6H3,(H,39,41)(H,40,42)/t27-,28-,31-,32+/m0/s1. The predicted molar refractivity (Wildman–Crippen MR) is 184 cm³/mol. The smallest absolute Gasteiger partial charge is 0.411 e. The lowest BCUT2D eigenvalue weighted by atomic mass is 9.98. The van der Waals surface area contributed by atoms with Crippen molar-refractivity contribution in [2.75, 3.05) is 6.54 Å². The van der Waals surface area contributed by atoms with Gasteiger partial charge in [-0.15, -0.1) is 0 Å². The fourth-order valence-corrected chi connectivity index (χ4v) is 7.48. The zero-order chi connectivity index (χ0) is 33.8. The van der Waals surface area contributed by atoms with E-state index in [4.69, 9.17) is 14.5 Å². The summed E-state index contributed by atoms with van der Waals surface area (Å²) < 4.78 is 11.4. The van der Waals surface area contributed by atoms with Gasteiger partial charge in [0.25, 0.3) is 0 Å². The highest BCUT2D eigenvalue weighted by atomic mass is 16.6. The molecule has 3 fully saturated rings. The molecule has 4 atom stereocenters. The number of imidazole rings is 2. The number of ether oxygens (including phenoxy) is 2. The van der Waals surface area contributed by atoms with Crippen molar-refractivity contribution in [1.82, 2.24) is 29.7 Å². The van der Waals surface area contributed by atoms with Gasteiger partial charge in [-0.2, -0.15) is 0 Å². The molecule has 3 aliphatic rings. The minimum atomic E-state index is -0.537. The number of carbonyl (C=O) groups is 2. The first-order chi connectivity index (χ1) is 22.8. The molecule has 4 aromatic rings. The first kappa shape index (κ1) is 32.0. The van der Waals surface area contributed by atoms with E-state index in [0.29, 0.717) is 12.5 Å². The normalized spacial score (nSPS) is 22.4. The second kappa shape index (κ2) is 12.1. The number of H-pyrrole nitrogens is 2. The van der Waals surface area contributed by atoms with Crippen LogP contribution < -0.4 is 0 Å². The van der Waals surface area contributed by atoms with Crippen LogP contribution in [0, 0.1) is 5.92 Å². The van der Waals surface area contributed by atoms with Crippen LogP contribution in [0.15, 0.2) is 60.9 Å². The number of amides is 2. The maximum atomic E-state index is 13.2. The van der Waals surface area contributed by atoms with Gasteiger partial charge in [0.15, 0.2) is 0 Å². The lowest BCUT2D eigenvalue weighted by Gasteiger charge is -2.35. The predicted octanol–water partition coefficient (Wildman–Crippen LogP) is 8.67. The van der Waals surface area contributed by atoms with Crippen LogP contribution in [-0.4, -0.2) is 65.7 Å². The van der Waals surface area contributed by atoms with Crippen LogP contribution in [0.2, 0.25) is 0 Å². The van der Waals surface area contributed by atoms with Gasteiger partial charge < -0.3 is 19.4 Å². The summed E-state index contributed by atoms with van der Waals surface area (Å²) in [5.74, 6) is 2.01. The average Bonchev–Trinajstić information content (AvgIpc) is 3.87. The number of piperidine rings is 1. The second-order valence-corrected chi connectivity index (χ2v) is 15.4. The van der Waals surface area contributed by atoms with Crippen molar-refractivity contribution in [2.45, 2.75) is 103 Å². The maximum Gasteiger partial charge on any atom is 0.411 e. The fraction of sp³-hybridized carbons (Fsp3) is 0.474. The summed E-state index contributed by atoms with van der Waals surface area (Å²) in [6, 6.07) is 16.9. The lowest BCUT2D eigenvalue weighted by Crippen LogP contribution is -2.43. The third-order valence-electron chi connectivity index (χ3n) is 9.58. The van der Waals surface area contributed by atoms with E-state index in [-0.39, 0.29) is 30.3 Å². The van der Waals surface area contributed by atoms with E-state index < -0.39 is 11.2 Å². The van der Waals surface area contributed by atoms with Crippen molar-refractivity contribution in [3.63, 3.8) is 0 Å². The van der Waals surface area contributed by atoms with Crippen molar-refractivity contribution in [3.8, 4) is 33.6 Å². The minimum absolute atomic E-state index is 0.0850. The Balaban J connectivity index is 1.02. The molecule has 2 aromatic heterocycles. The molecule has 0 spiro atoms. The largest absolute Gasteiger partial charge is 0.444 e. The summed E-state index contributed by atoms with van der Waals surface area (Å²) >= 11 is 0. The van der Waals surface area contributed by atoms with Gasteiger partial charge in [0.2, 0.25) is 0 Å². The number of hydrogen-bond acceptors (Lipinski definition) is 6. The average molecular weight is 651 g/mol. The summed E-state index contributed by atoms with van der Waals surface area (Å²) in [5.41, 5.74) is 5.06. The topological polar surface area (TPSA) is 116 Å². The van der Waals surface area contributed by atoms with Crippen LogP contribution >= 0.6 is 0 Å². The van der Waals surface area contributed by atoms with Crippen LogP contribution in [0.5, 0.6) is 0 Å². The summed E-state index contributed by atoms with van der Waals surface area (Å²) in [6.45, 7) is 12.0. The highest BCUT2D eigenvalue weighted by Gasteiger charge is 2.51. The van der Waals surface area contributed by atoms with Crippen molar-refractivity contribution in [3.05, 3.63) is 72.6 Å². The molecule has 0 unspecified atom stereocenters. The third kappa shape index (κ3) is 6.44. The quantitative estimate of drug-likeness (QED) is 0.223. The van der Waals surface area contributed by atoms with Crippen molar-refractivity contribution < 1.29 is 19.1 Å². The molecule has 0 radical (unpaired) electrons. The second-order valence-electron chi connectivity index (χ2n) is 15.4. The number of hydrogen-bond donors (Lipinski definition) is 2. The van der Waals surface area contributed by atoms with E-state index >= 15 is 0 Å². The van der Waals surface area contributed by atoms with Crippen LogP contribution in [0.25, 0.3) is 33.6 Å². The molecule has 2 N–H and O–H groups in total. The van der Waals surface area contributed by atoms with Gasteiger partial charge in [0.1, 0.15) is 22.9 Å². The minimum Gasteiger partial charge on any atom is -0.444 e. The Labute approximate surface area is 282 Å². The van der Waals surface area contributed by atoms with E-state index in [1.54, 1.807) is 4.90 Å². The van der Waals surface area contributed by atoms with E-state index in [1.807, 2.05) is 58.8 Å². The number of likely N-dealkylation sites (tertiary alicyclic amines) is 2. The van der Waals surface area contributed by atoms with Crippen LogP contribution in [0.3, 0.4) is 0 Å². The number of nitrogens with one attached hydrogen (secondary N) is 2. The van der Waals surface area contributed by atoms with E-state index in [1.165, 1.54) is 0 Å². The third-order valence-corrected chi connectivity index (χ3v) is 9.58. The summed E-state index contributed by atoms with van der Waals surface area (Å²) in [4.78, 5) is 46.0. The molecule has 10 nitrogen and oxygen atoms in total. The van der Waals surface area contributed by atoms with Gasteiger partial charge in [-0.1, -0.05) is 48.5 Å².